The summed E-state index contributed by atoms with van der Waals surface area (Å²) < 4.78 is 28.6. The minimum atomic E-state index is -3.23. The molecule has 210 valence electrons. The van der Waals surface area contributed by atoms with Crippen LogP contribution in [-0.2, 0) is 30.7 Å². The van der Waals surface area contributed by atoms with Crippen molar-refractivity contribution >= 4 is 21.7 Å². The van der Waals surface area contributed by atoms with Crippen LogP contribution in [0.3, 0.4) is 0 Å². The summed E-state index contributed by atoms with van der Waals surface area (Å²) in [6, 6.07) is 17.3. The number of hydrogen-bond donors (Lipinski definition) is 0. The van der Waals surface area contributed by atoms with Crippen LogP contribution in [-0.4, -0.2) is 94.2 Å². The third-order valence-electron chi connectivity index (χ3n) is 8.92. The van der Waals surface area contributed by atoms with Gasteiger partial charge in [-0.3, -0.25) is 9.59 Å². The Bertz CT molecular complexity index is 1270. The zero-order valence-electron chi connectivity index (χ0n) is 22.9. The zero-order chi connectivity index (χ0) is 27.6. The second kappa shape index (κ2) is 11.4. The normalized spacial score (nSPS) is 23.6. The molecule has 0 bridgehead atoms. The number of rotatable bonds is 8. The molecule has 2 aromatic carbocycles. The van der Waals surface area contributed by atoms with Crippen molar-refractivity contribution in [3.63, 3.8) is 0 Å². The molecule has 3 aliphatic heterocycles. The van der Waals surface area contributed by atoms with E-state index in [1.165, 1.54) is 11.8 Å². The third-order valence-corrected chi connectivity index (χ3v) is 10.0. The molecule has 3 saturated heterocycles. The summed E-state index contributed by atoms with van der Waals surface area (Å²) in [6.45, 7) is 5.49. The monoisotopic (exact) mass is 553 g/mol. The van der Waals surface area contributed by atoms with Gasteiger partial charge in [-0.2, -0.15) is 0 Å². The van der Waals surface area contributed by atoms with Gasteiger partial charge in [0.05, 0.1) is 10.3 Å². The van der Waals surface area contributed by atoms with Crippen LogP contribution in [0.4, 0.5) is 0 Å². The molecule has 9 heteroatoms. The fourth-order valence-corrected chi connectivity index (χ4v) is 7.25. The molecule has 8 nitrogen and oxygen atoms in total. The summed E-state index contributed by atoms with van der Waals surface area (Å²) in [7, 11) is -1.67. The molecule has 3 fully saturated rings. The first-order valence-electron chi connectivity index (χ1n) is 13.8. The van der Waals surface area contributed by atoms with E-state index in [-0.39, 0.29) is 23.8 Å². The molecular formula is C30H39N3O5S. The fourth-order valence-electron chi connectivity index (χ4n) is 6.62. The first-order chi connectivity index (χ1) is 18.7. The Morgan fingerprint density at radius 1 is 0.974 bits per heavy atom. The number of nitrogens with zero attached hydrogens (tertiary/aromatic N) is 3. The molecule has 0 aromatic heterocycles. The average molecular weight is 554 g/mol. The van der Waals surface area contributed by atoms with Gasteiger partial charge in [0.1, 0.15) is 6.61 Å². The molecule has 0 radical (unpaired) electrons. The highest BCUT2D eigenvalue weighted by Crippen LogP contribution is 2.43. The lowest BCUT2D eigenvalue weighted by molar-refractivity contribution is -0.139. The topological polar surface area (TPSA) is 87.2 Å². The van der Waals surface area contributed by atoms with Gasteiger partial charge in [-0.15, -0.1) is 0 Å². The van der Waals surface area contributed by atoms with Gasteiger partial charge in [-0.1, -0.05) is 42.5 Å². The van der Waals surface area contributed by atoms with Crippen LogP contribution in [0.25, 0.3) is 0 Å². The van der Waals surface area contributed by atoms with Crippen molar-refractivity contribution in [1.29, 1.82) is 0 Å². The molecule has 2 atom stereocenters. The van der Waals surface area contributed by atoms with E-state index in [0.717, 1.165) is 57.5 Å². The first-order valence-corrected chi connectivity index (χ1v) is 15.7. The van der Waals surface area contributed by atoms with E-state index in [9.17, 15) is 18.0 Å². The molecule has 2 unspecified atom stereocenters. The lowest BCUT2D eigenvalue weighted by Crippen LogP contribution is -2.46. The van der Waals surface area contributed by atoms with E-state index in [1.807, 2.05) is 28.0 Å². The molecule has 3 heterocycles. The third kappa shape index (κ3) is 6.05. The molecule has 2 aromatic rings. The maximum atomic E-state index is 13.5. The largest absolute Gasteiger partial charge is 0.375 e. The summed E-state index contributed by atoms with van der Waals surface area (Å²) >= 11 is 0. The standard InChI is InChI=1S/C30H39N3O5S/c1-38-22-28(34)33-20-25(27(21-33)24-6-4-3-5-7-24)19-31-15-12-30(13-16-31)14-17-32(29(30)35)18-23-8-10-26(11-9-23)39(2,36)37/h3-11,25,27H,12-22H2,1-2H3. The van der Waals surface area contributed by atoms with Gasteiger partial charge in [0.15, 0.2) is 9.84 Å². The van der Waals surface area contributed by atoms with Gasteiger partial charge >= 0.3 is 0 Å². The van der Waals surface area contributed by atoms with Crippen molar-refractivity contribution < 1.29 is 22.7 Å². The highest BCUT2D eigenvalue weighted by molar-refractivity contribution is 7.90. The molecule has 39 heavy (non-hydrogen) atoms. The Hall–Kier alpha value is -2.75. The highest BCUT2D eigenvalue weighted by Gasteiger charge is 2.48. The van der Waals surface area contributed by atoms with Gasteiger partial charge < -0.3 is 19.4 Å². The molecule has 3 aliphatic rings. The van der Waals surface area contributed by atoms with Gasteiger partial charge in [-0.25, -0.2) is 8.42 Å². The lowest BCUT2D eigenvalue weighted by Gasteiger charge is -2.39. The second-order valence-corrected chi connectivity index (χ2v) is 13.5. The first kappa shape index (κ1) is 27.8. The van der Waals surface area contributed by atoms with Crippen LogP contribution in [0.5, 0.6) is 0 Å². The van der Waals surface area contributed by atoms with Crippen LogP contribution in [0.1, 0.15) is 36.3 Å². The Balaban J connectivity index is 1.19. The summed E-state index contributed by atoms with van der Waals surface area (Å²) in [4.78, 5) is 32.8. The van der Waals surface area contributed by atoms with Gasteiger partial charge in [0.25, 0.3) is 0 Å². The molecule has 5 rings (SSSR count). The van der Waals surface area contributed by atoms with Crippen molar-refractivity contribution in [1.82, 2.24) is 14.7 Å². The van der Waals surface area contributed by atoms with Gasteiger partial charge in [0.2, 0.25) is 11.8 Å². The Morgan fingerprint density at radius 3 is 2.28 bits per heavy atom. The molecule has 0 N–H and O–H groups in total. The minimum Gasteiger partial charge on any atom is -0.375 e. The second-order valence-electron chi connectivity index (χ2n) is 11.5. The van der Waals surface area contributed by atoms with E-state index < -0.39 is 9.84 Å². The number of methoxy groups -OCH3 is 1. The summed E-state index contributed by atoms with van der Waals surface area (Å²) in [5.41, 5.74) is 1.93. The maximum Gasteiger partial charge on any atom is 0.248 e. The molecular weight excluding hydrogens is 514 g/mol. The summed E-state index contributed by atoms with van der Waals surface area (Å²) in [6.07, 6.45) is 3.78. The van der Waals surface area contributed by atoms with Crippen LogP contribution in [0, 0.1) is 11.3 Å². The SMILES string of the molecule is COCC(=O)N1CC(CN2CCC3(CC2)CCN(Cc2ccc(S(C)(=O)=O)cc2)C3=O)C(c2ccccc2)C1. The van der Waals surface area contributed by atoms with Crippen molar-refractivity contribution in [2.24, 2.45) is 11.3 Å². The number of piperidine rings is 1. The van der Waals surface area contributed by atoms with E-state index in [0.29, 0.717) is 29.8 Å². The summed E-state index contributed by atoms with van der Waals surface area (Å²) in [5, 5.41) is 0. The van der Waals surface area contributed by atoms with Crippen LogP contribution < -0.4 is 0 Å². The van der Waals surface area contributed by atoms with Crippen molar-refractivity contribution in [2.75, 3.05) is 59.2 Å². The Kier molecular flexibility index (Phi) is 8.12. The molecule has 0 saturated carbocycles. The number of ether oxygens (including phenoxy) is 1. The minimum absolute atomic E-state index is 0.0427. The number of benzene rings is 2. The van der Waals surface area contributed by atoms with E-state index >= 15 is 0 Å². The van der Waals surface area contributed by atoms with Crippen molar-refractivity contribution in [3.8, 4) is 0 Å². The van der Waals surface area contributed by atoms with E-state index in [1.54, 1.807) is 19.2 Å². The molecule has 2 amide bonds. The maximum absolute atomic E-state index is 13.5. The molecule has 1 spiro atoms. The van der Waals surface area contributed by atoms with Crippen LogP contribution >= 0.6 is 0 Å². The number of carbonyl (C=O) groups excluding carboxylic acids is 2. The number of hydrogen-bond acceptors (Lipinski definition) is 6. The predicted molar refractivity (Wildman–Crippen MR) is 149 cm³/mol. The predicted octanol–water partition coefficient (Wildman–Crippen LogP) is 2.79. The van der Waals surface area contributed by atoms with Crippen molar-refractivity contribution in [2.45, 2.75) is 36.6 Å². The number of carbonyl (C=O) groups is 2. The fraction of sp³-hybridized carbons (Fsp3) is 0.533. The Morgan fingerprint density at radius 2 is 1.64 bits per heavy atom. The Labute approximate surface area is 231 Å². The quantitative estimate of drug-likeness (QED) is 0.500. The molecule has 0 aliphatic carbocycles. The van der Waals surface area contributed by atoms with E-state index in [2.05, 4.69) is 29.2 Å². The summed E-state index contributed by atoms with van der Waals surface area (Å²) in [5.74, 6) is 0.906. The van der Waals surface area contributed by atoms with Crippen molar-refractivity contribution in [3.05, 3.63) is 65.7 Å². The zero-order valence-corrected chi connectivity index (χ0v) is 23.7. The van der Waals surface area contributed by atoms with Crippen LogP contribution in [0.15, 0.2) is 59.5 Å². The van der Waals surface area contributed by atoms with E-state index in [4.69, 9.17) is 4.74 Å². The smallest absolute Gasteiger partial charge is 0.248 e. The van der Waals surface area contributed by atoms with Gasteiger partial charge in [0, 0.05) is 52.0 Å². The number of amides is 2. The van der Waals surface area contributed by atoms with Gasteiger partial charge in [-0.05, 0) is 61.5 Å². The average Bonchev–Trinajstić information content (AvgIpc) is 3.48. The lowest BCUT2D eigenvalue weighted by atomic mass is 9.76. The van der Waals surface area contributed by atoms with Crippen LogP contribution in [0.2, 0.25) is 0 Å². The number of likely N-dealkylation sites (tertiary alicyclic amines) is 3. The highest BCUT2D eigenvalue weighted by atomic mass is 32.2. The number of sulfone groups is 1.